The number of aromatic nitrogens is 1. The van der Waals surface area contributed by atoms with Gasteiger partial charge in [-0.25, -0.2) is 0 Å². The summed E-state index contributed by atoms with van der Waals surface area (Å²) in [6.45, 7) is 0.965. The van der Waals surface area contributed by atoms with Gasteiger partial charge in [-0.15, -0.1) is 0 Å². The van der Waals surface area contributed by atoms with E-state index in [1.807, 2.05) is 0 Å². The first-order chi connectivity index (χ1) is 9.99. The molecule has 0 bridgehead atoms. The Hall–Kier alpha value is -2.31. The van der Waals surface area contributed by atoms with Crippen LogP contribution in [0.1, 0.15) is 23.2 Å². The van der Waals surface area contributed by atoms with Gasteiger partial charge in [-0.1, -0.05) is 0 Å². The van der Waals surface area contributed by atoms with E-state index in [9.17, 15) is 14.4 Å². The number of piperidine rings is 1. The van der Waals surface area contributed by atoms with E-state index in [-0.39, 0.29) is 11.9 Å². The van der Waals surface area contributed by atoms with Crippen molar-refractivity contribution in [3.63, 3.8) is 0 Å². The number of rotatable bonds is 2. The van der Waals surface area contributed by atoms with Gasteiger partial charge in [-0.05, 0) is 18.9 Å². The van der Waals surface area contributed by atoms with Gasteiger partial charge in [0, 0.05) is 45.6 Å². The van der Waals surface area contributed by atoms with Crippen molar-refractivity contribution < 1.29 is 14.4 Å². The minimum Gasteiger partial charge on any atom is -0.367 e. The van der Waals surface area contributed by atoms with Crippen molar-refractivity contribution in [2.45, 2.75) is 18.9 Å². The molecule has 3 amide bonds. The van der Waals surface area contributed by atoms with Gasteiger partial charge in [0.15, 0.2) is 0 Å². The first-order valence-corrected chi connectivity index (χ1v) is 6.93. The summed E-state index contributed by atoms with van der Waals surface area (Å²) in [6, 6.07) is 1.75. The van der Waals surface area contributed by atoms with E-state index >= 15 is 0 Å². The molecule has 21 heavy (non-hydrogen) atoms. The van der Waals surface area contributed by atoms with Crippen LogP contribution in [-0.4, -0.2) is 65.7 Å². The zero-order valence-corrected chi connectivity index (χ0v) is 12.3. The second-order valence-corrected chi connectivity index (χ2v) is 5.34. The number of hydrogen-bond acceptors (Lipinski definition) is 3. The molecule has 0 saturated carbocycles. The number of carbonyl (C=O) groups excluding carboxylic acids is 3. The molecule has 0 aliphatic carbocycles. The summed E-state index contributed by atoms with van der Waals surface area (Å²) < 4.78 is 0. The Bertz CT molecular complexity index is 516. The smallest absolute Gasteiger partial charge is 0.312 e. The largest absolute Gasteiger partial charge is 0.367 e. The van der Waals surface area contributed by atoms with E-state index in [1.165, 1.54) is 4.90 Å². The van der Waals surface area contributed by atoms with Crippen molar-refractivity contribution in [2.75, 3.05) is 27.2 Å². The fourth-order valence-corrected chi connectivity index (χ4v) is 2.29. The van der Waals surface area contributed by atoms with Gasteiger partial charge in [-0.3, -0.25) is 14.4 Å². The molecule has 114 valence electrons. The number of likely N-dealkylation sites (N-methyl/N-ethyl adjacent to an activating group) is 1. The lowest BCUT2D eigenvalue weighted by atomic mass is 10.0. The molecule has 1 aromatic rings. The predicted octanol–water partition coefficient (Wildman–Crippen LogP) is -0.176. The van der Waals surface area contributed by atoms with Crippen molar-refractivity contribution >= 4 is 17.7 Å². The highest BCUT2D eigenvalue weighted by Crippen LogP contribution is 2.12. The Morgan fingerprint density at radius 3 is 2.48 bits per heavy atom. The second-order valence-electron chi connectivity index (χ2n) is 5.34. The highest BCUT2D eigenvalue weighted by Gasteiger charge is 2.28. The molecule has 2 rings (SSSR count). The molecule has 2 N–H and O–H groups in total. The Kier molecular flexibility index (Phi) is 4.62. The lowest BCUT2D eigenvalue weighted by Crippen LogP contribution is -2.50. The van der Waals surface area contributed by atoms with Gasteiger partial charge in [-0.2, -0.15) is 0 Å². The number of aromatic amines is 1. The molecule has 0 radical (unpaired) electrons. The summed E-state index contributed by atoms with van der Waals surface area (Å²) in [6.07, 6.45) is 4.65. The van der Waals surface area contributed by atoms with Crippen LogP contribution in [0.4, 0.5) is 0 Å². The Balaban J connectivity index is 1.82. The topological polar surface area (TPSA) is 85.5 Å². The summed E-state index contributed by atoms with van der Waals surface area (Å²) in [5.41, 5.74) is 0.594. The van der Waals surface area contributed by atoms with Crippen LogP contribution in [0, 0.1) is 0 Å². The number of nitrogens with one attached hydrogen (secondary N) is 2. The fraction of sp³-hybridized carbons (Fsp3) is 0.500. The maximum atomic E-state index is 11.9. The number of likely N-dealkylation sites (tertiary alicyclic amines) is 1. The van der Waals surface area contributed by atoms with Crippen molar-refractivity contribution in [1.29, 1.82) is 0 Å². The molecule has 7 nitrogen and oxygen atoms in total. The van der Waals surface area contributed by atoms with E-state index in [1.54, 1.807) is 37.5 Å². The van der Waals surface area contributed by atoms with Crippen molar-refractivity contribution in [2.24, 2.45) is 0 Å². The number of carbonyl (C=O) groups is 3. The molecule has 2 heterocycles. The molecule has 0 spiro atoms. The Morgan fingerprint density at radius 1 is 1.29 bits per heavy atom. The maximum absolute atomic E-state index is 11.9. The minimum absolute atomic E-state index is 0.0332. The number of amides is 3. The maximum Gasteiger partial charge on any atom is 0.312 e. The Morgan fingerprint density at radius 2 is 1.95 bits per heavy atom. The van der Waals surface area contributed by atoms with Gasteiger partial charge < -0.3 is 20.1 Å². The molecule has 1 aliphatic heterocycles. The van der Waals surface area contributed by atoms with Gasteiger partial charge in [0.25, 0.3) is 5.91 Å². The third-order valence-corrected chi connectivity index (χ3v) is 3.57. The highest BCUT2D eigenvalue weighted by atomic mass is 16.2. The average Bonchev–Trinajstić information content (AvgIpc) is 3.00. The molecule has 7 heteroatoms. The lowest BCUT2D eigenvalue weighted by Gasteiger charge is -2.32. The zero-order chi connectivity index (χ0) is 15.4. The van der Waals surface area contributed by atoms with Crippen LogP contribution < -0.4 is 5.32 Å². The van der Waals surface area contributed by atoms with Gasteiger partial charge >= 0.3 is 11.8 Å². The molecule has 1 aromatic heterocycles. The van der Waals surface area contributed by atoms with Crippen LogP contribution in [-0.2, 0) is 9.59 Å². The molecule has 1 aliphatic rings. The van der Waals surface area contributed by atoms with Crippen LogP contribution in [0.3, 0.4) is 0 Å². The van der Waals surface area contributed by atoms with E-state index < -0.39 is 11.8 Å². The average molecular weight is 292 g/mol. The van der Waals surface area contributed by atoms with Crippen LogP contribution in [0.2, 0.25) is 0 Å². The number of H-pyrrole nitrogens is 1. The van der Waals surface area contributed by atoms with Crippen LogP contribution in [0.5, 0.6) is 0 Å². The summed E-state index contributed by atoms with van der Waals surface area (Å²) in [5.74, 6) is -1.11. The summed E-state index contributed by atoms with van der Waals surface area (Å²) in [5, 5.41) is 2.94. The molecular formula is C14H20N4O3. The molecule has 1 saturated heterocycles. The molecule has 0 aromatic carbocycles. The summed E-state index contributed by atoms with van der Waals surface area (Å²) >= 11 is 0. The summed E-state index contributed by atoms with van der Waals surface area (Å²) in [4.78, 5) is 41.1. The number of hydrogen-bond donors (Lipinski definition) is 2. The zero-order valence-electron chi connectivity index (χ0n) is 12.3. The first-order valence-electron chi connectivity index (χ1n) is 6.93. The number of nitrogens with zero attached hydrogens (tertiary/aromatic N) is 2. The third-order valence-electron chi connectivity index (χ3n) is 3.57. The lowest BCUT2D eigenvalue weighted by molar-refractivity contribution is -0.151. The standard InChI is InChI=1S/C14H20N4O3/c1-17(2)13(20)14(21)18-7-4-11(5-8-18)16-12(19)10-3-6-15-9-10/h3,6,9,11,15H,4-5,7-8H2,1-2H3,(H,16,19). The fourth-order valence-electron chi connectivity index (χ4n) is 2.29. The van der Waals surface area contributed by atoms with E-state index in [0.717, 1.165) is 0 Å². The first kappa shape index (κ1) is 15.1. The second kappa shape index (κ2) is 6.43. The van der Waals surface area contributed by atoms with Crippen LogP contribution in [0.25, 0.3) is 0 Å². The monoisotopic (exact) mass is 292 g/mol. The van der Waals surface area contributed by atoms with Gasteiger partial charge in [0.2, 0.25) is 0 Å². The summed E-state index contributed by atoms with van der Waals surface area (Å²) in [7, 11) is 3.12. The van der Waals surface area contributed by atoms with E-state index in [2.05, 4.69) is 10.3 Å². The molecule has 0 unspecified atom stereocenters. The normalized spacial score (nSPS) is 15.6. The van der Waals surface area contributed by atoms with Crippen LogP contribution >= 0.6 is 0 Å². The molecule has 1 fully saturated rings. The molecular weight excluding hydrogens is 272 g/mol. The highest BCUT2D eigenvalue weighted by molar-refractivity contribution is 6.34. The van der Waals surface area contributed by atoms with Crippen molar-refractivity contribution in [3.05, 3.63) is 24.0 Å². The van der Waals surface area contributed by atoms with Crippen molar-refractivity contribution in [3.8, 4) is 0 Å². The Labute approximate surface area is 123 Å². The van der Waals surface area contributed by atoms with Crippen molar-refractivity contribution in [1.82, 2.24) is 20.1 Å². The molecule has 0 atom stereocenters. The van der Waals surface area contributed by atoms with E-state index in [4.69, 9.17) is 0 Å². The SMILES string of the molecule is CN(C)C(=O)C(=O)N1CCC(NC(=O)c2cc[nH]c2)CC1. The quantitative estimate of drug-likeness (QED) is 0.742. The van der Waals surface area contributed by atoms with Gasteiger partial charge in [0.05, 0.1) is 5.56 Å². The third kappa shape index (κ3) is 3.62. The minimum atomic E-state index is -0.509. The van der Waals surface area contributed by atoms with Crippen LogP contribution in [0.15, 0.2) is 18.5 Å². The predicted molar refractivity (Wildman–Crippen MR) is 76.6 cm³/mol. The van der Waals surface area contributed by atoms with E-state index in [0.29, 0.717) is 31.5 Å². The van der Waals surface area contributed by atoms with Gasteiger partial charge in [0.1, 0.15) is 0 Å².